The first kappa shape index (κ1) is 26.3. The number of carbonyl (C=O) groups excluding carboxylic acids is 1. The SMILES string of the molecule is CCN(CC(C(C)=O)c1ccc(C)cc1C)c1cc(-c2ccc(C#Cc3cscn3)cc2)sc1C(=O)O. The summed E-state index contributed by atoms with van der Waals surface area (Å²) in [4.78, 5) is 32.2. The molecule has 0 spiro atoms. The minimum atomic E-state index is -0.971. The molecule has 0 aliphatic heterocycles. The van der Waals surface area contributed by atoms with Gasteiger partial charge >= 0.3 is 5.97 Å². The number of nitrogens with zero attached hydrogens (tertiary/aromatic N) is 2. The van der Waals surface area contributed by atoms with Crippen molar-refractivity contribution in [2.75, 3.05) is 18.0 Å². The smallest absolute Gasteiger partial charge is 0.348 e. The molecule has 5 nitrogen and oxygen atoms in total. The maximum absolute atomic E-state index is 12.7. The molecule has 1 atom stereocenters. The highest BCUT2D eigenvalue weighted by Gasteiger charge is 2.26. The Morgan fingerprint density at radius 3 is 2.43 bits per heavy atom. The van der Waals surface area contributed by atoms with E-state index in [0.717, 1.165) is 38.4 Å². The summed E-state index contributed by atoms with van der Waals surface area (Å²) in [7, 11) is 0. The molecule has 0 saturated heterocycles. The molecule has 4 rings (SSSR count). The number of aryl methyl sites for hydroxylation is 2. The van der Waals surface area contributed by atoms with Gasteiger partial charge in [-0.15, -0.1) is 22.7 Å². The number of Topliss-reactive ketones (excluding diaryl/α,β-unsaturated/α-hetero) is 1. The number of aromatic nitrogens is 1. The first-order valence-corrected chi connectivity index (χ1v) is 13.7. The van der Waals surface area contributed by atoms with Gasteiger partial charge in [0, 0.05) is 28.9 Å². The number of thiophene rings is 1. The number of carboxylic acids is 1. The standard InChI is InChI=1S/C30H28N2O3S2/c1-5-32(16-26(21(4)33)25-13-6-19(2)14-20(25)3)27-15-28(37-29(27)30(34)35)23-10-7-22(8-11-23)9-12-24-17-36-18-31-24/h6-8,10-11,13-15,17-18,26H,5,16H2,1-4H3,(H,34,35). The normalized spacial score (nSPS) is 11.5. The van der Waals surface area contributed by atoms with Crippen LogP contribution in [0.25, 0.3) is 10.4 Å². The molecule has 0 amide bonds. The molecule has 7 heteroatoms. The zero-order valence-electron chi connectivity index (χ0n) is 21.2. The molecule has 188 valence electrons. The average Bonchev–Trinajstić information content (AvgIpc) is 3.55. The van der Waals surface area contributed by atoms with E-state index in [9.17, 15) is 14.7 Å². The van der Waals surface area contributed by atoms with E-state index in [2.05, 4.69) is 22.9 Å². The molecule has 0 saturated carbocycles. The maximum atomic E-state index is 12.7. The summed E-state index contributed by atoms with van der Waals surface area (Å²) < 4.78 is 0. The Balaban J connectivity index is 1.64. The van der Waals surface area contributed by atoms with Crippen molar-refractivity contribution in [3.8, 4) is 22.3 Å². The van der Waals surface area contributed by atoms with Crippen molar-refractivity contribution < 1.29 is 14.7 Å². The Kier molecular flexibility index (Phi) is 8.22. The zero-order valence-corrected chi connectivity index (χ0v) is 22.9. The number of benzene rings is 2. The number of thiazole rings is 1. The summed E-state index contributed by atoms with van der Waals surface area (Å²) in [6.45, 7) is 8.63. The largest absolute Gasteiger partial charge is 0.477 e. The number of aromatic carboxylic acids is 1. The van der Waals surface area contributed by atoms with Crippen LogP contribution >= 0.6 is 22.7 Å². The van der Waals surface area contributed by atoms with Crippen molar-refractivity contribution in [3.05, 3.63) is 92.2 Å². The van der Waals surface area contributed by atoms with E-state index in [1.165, 1.54) is 22.7 Å². The van der Waals surface area contributed by atoms with Gasteiger partial charge in [-0.3, -0.25) is 4.79 Å². The van der Waals surface area contributed by atoms with Gasteiger partial charge in [0.2, 0.25) is 0 Å². The van der Waals surface area contributed by atoms with Gasteiger partial charge in [0.25, 0.3) is 0 Å². The number of rotatable bonds is 8. The number of hydrogen-bond acceptors (Lipinski definition) is 6. The molecular formula is C30H28N2O3S2. The van der Waals surface area contributed by atoms with E-state index in [-0.39, 0.29) is 16.6 Å². The number of likely N-dealkylation sites (N-methyl/N-ethyl adjacent to an activating group) is 1. The average molecular weight is 529 g/mol. The van der Waals surface area contributed by atoms with Gasteiger partial charge in [-0.2, -0.15) is 0 Å². The summed E-state index contributed by atoms with van der Waals surface area (Å²) in [5.41, 5.74) is 8.11. The van der Waals surface area contributed by atoms with Gasteiger partial charge in [-0.25, -0.2) is 9.78 Å². The number of carboxylic acid groups (broad SMARTS) is 1. The first-order valence-electron chi connectivity index (χ1n) is 12.0. The second-order valence-corrected chi connectivity index (χ2v) is 10.7. The van der Waals surface area contributed by atoms with Crippen molar-refractivity contribution in [2.24, 2.45) is 0 Å². The maximum Gasteiger partial charge on any atom is 0.348 e. The summed E-state index contributed by atoms with van der Waals surface area (Å²) in [6.07, 6.45) is 0. The van der Waals surface area contributed by atoms with Gasteiger partial charge in [-0.05, 0) is 68.5 Å². The minimum Gasteiger partial charge on any atom is -0.477 e. The molecular weight excluding hydrogens is 500 g/mol. The lowest BCUT2D eigenvalue weighted by molar-refractivity contribution is -0.118. The van der Waals surface area contributed by atoms with E-state index in [1.807, 2.05) is 73.5 Å². The van der Waals surface area contributed by atoms with Gasteiger partial charge in [0.1, 0.15) is 16.4 Å². The molecule has 37 heavy (non-hydrogen) atoms. The second-order valence-electron chi connectivity index (χ2n) is 8.89. The molecule has 2 aromatic heterocycles. The predicted octanol–water partition coefficient (Wildman–Crippen LogP) is 6.79. The van der Waals surface area contributed by atoms with Crippen molar-refractivity contribution in [1.29, 1.82) is 0 Å². The molecule has 0 bridgehead atoms. The monoisotopic (exact) mass is 528 g/mol. The van der Waals surface area contributed by atoms with E-state index < -0.39 is 5.97 Å². The lowest BCUT2D eigenvalue weighted by Gasteiger charge is -2.28. The minimum absolute atomic E-state index is 0.0621. The zero-order chi connectivity index (χ0) is 26.5. The number of ketones is 1. The number of carbonyl (C=O) groups is 2. The van der Waals surface area contributed by atoms with E-state index in [1.54, 1.807) is 12.4 Å². The summed E-state index contributed by atoms with van der Waals surface area (Å²) in [5.74, 6) is 4.89. The van der Waals surface area contributed by atoms with Crippen molar-refractivity contribution in [1.82, 2.24) is 4.98 Å². The first-order chi connectivity index (χ1) is 17.8. The summed E-state index contributed by atoms with van der Waals surface area (Å²) in [5, 5.41) is 11.9. The molecule has 2 heterocycles. The highest BCUT2D eigenvalue weighted by Crippen LogP contribution is 2.38. The van der Waals surface area contributed by atoms with E-state index in [4.69, 9.17) is 0 Å². The van der Waals surface area contributed by atoms with Crippen LogP contribution in [0.5, 0.6) is 0 Å². The Labute approximate surface area is 225 Å². The van der Waals surface area contributed by atoms with Crippen LogP contribution in [0.1, 0.15) is 57.4 Å². The van der Waals surface area contributed by atoms with Gasteiger partial charge in [0.15, 0.2) is 0 Å². The third-order valence-corrected chi connectivity index (χ3v) is 8.01. The second kappa shape index (κ2) is 11.5. The number of anilines is 1. The van der Waals surface area contributed by atoms with Crippen LogP contribution in [0, 0.1) is 25.7 Å². The van der Waals surface area contributed by atoms with Gasteiger partial charge in [0.05, 0.1) is 17.1 Å². The van der Waals surface area contributed by atoms with Gasteiger partial charge < -0.3 is 10.0 Å². The Bertz CT molecular complexity index is 1480. The Morgan fingerprint density at radius 1 is 1.08 bits per heavy atom. The lowest BCUT2D eigenvalue weighted by Crippen LogP contribution is -2.32. The van der Waals surface area contributed by atoms with E-state index in [0.29, 0.717) is 18.8 Å². The molecule has 0 radical (unpaired) electrons. The Morgan fingerprint density at radius 2 is 1.84 bits per heavy atom. The third kappa shape index (κ3) is 6.16. The highest BCUT2D eigenvalue weighted by molar-refractivity contribution is 7.18. The van der Waals surface area contributed by atoms with Crippen molar-refractivity contribution in [3.63, 3.8) is 0 Å². The van der Waals surface area contributed by atoms with Crippen molar-refractivity contribution in [2.45, 2.75) is 33.6 Å². The van der Waals surface area contributed by atoms with Crippen LogP contribution in [0.2, 0.25) is 0 Å². The predicted molar refractivity (Wildman–Crippen MR) is 152 cm³/mol. The third-order valence-electron chi connectivity index (χ3n) is 6.26. The van der Waals surface area contributed by atoms with Crippen LogP contribution in [0.3, 0.4) is 0 Å². The van der Waals surface area contributed by atoms with Crippen LogP contribution in [-0.2, 0) is 4.79 Å². The molecule has 1 N–H and O–H groups in total. The van der Waals surface area contributed by atoms with Crippen molar-refractivity contribution >= 4 is 40.1 Å². The molecule has 0 aliphatic rings. The molecule has 1 unspecified atom stereocenters. The highest BCUT2D eigenvalue weighted by atomic mass is 32.1. The number of hydrogen-bond donors (Lipinski definition) is 1. The molecule has 2 aromatic carbocycles. The quantitative estimate of drug-likeness (QED) is 0.255. The molecule has 4 aromatic rings. The van der Waals surface area contributed by atoms with Crippen LogP contribution in [0.4, 0.5) is 5.69 Å². The summed E-state index contributed by atoms with van der Waals surface area (Å²) >= 11 is 2.75. The van der Waals surface area contributed by atoms with Crippen LogP contribution < -0.4 is 4.90 Å². The topological polar surface area (TPSA) is 70.5 Å². The van der Waals surface area contributed by atoms with Crippen LogP contribution in [-0.4, -0.2) is 34.9 Å². The fourth-order valence-corrected chi connectivity index (χ4v) is 5.83. The fraction of sp³-hybridized carbons (Fsp3) is 0.233. The molecule has 0 aliphatic carbocycles. The van der Waals surface area contributed by atoms with Crippen LogP contribution in [0.15, 0.2) is 59.4 Å². The lowest BCUT2D eigenvalue weighted by atomic mass is 9.90. The Hall–Kier alpha value is -3.73. The fourth-order valence-electron chi connectivity index (χ4n) is 4.32. The summed E-state index contributed by atoms with van der Waals surface area (Å²) in [6, 6.07) is 15.8. The van der Waals surface area contributed by atoms with Gasteiger partial charge in [-0.1, -0.05) is 41.8 Å². The molecule has 0 fully saturated rings. The van der Waals surface area contributed by atoms with E-state index >= 15 is 0 Å².